The van der Waals surface area contributed by atoms with E-state index in [-0.39, 0.29) is 23.6 Å². The van der Waals surface area contributed by atoms with E-state index in [0.717, 1.165) is 48.2 Å². The van der Waals surface area contributed by atoms with Crippen molar-refractivity contribution in [3.05, 3.63) is 77.0 Å². The van der Waals surface area contributed by atoms with Crippen molar-refractivity contribution in [3.63, 3.8) is 0 Å². The Labute approximate surface area is 187 Å². The zero-order valence-corrected chi connectivity index (χ0v) is 17.8. The van der Waals surface area contributed by atoms with Crippen LogP contribution in [0.15, 0.2) is 42.7 Å². The standard InChI is InChI=1S/C24H20F3N5O/c1-30-23(14-10-18(25)21(27)19(26)11-14)17-12-16-3-2-4-20(22(17)29-30)32(16)24(33)13-6-8-31-15(9-13)5-7-28-31/h5-11,16,20H,2-4,12H2,1H3/t16-,20+/m0/s1. The fourth-order valence-corrected chi connectivity index (χ4v) is 5.41. The van der Waals surface area contributed by atoms with E-state index in [0.29, 0.717) is 17.7 Å². The molecule has 2 atom stereocenters. The van der Waals surface area contributed by atoms with Gasteiger partial charge in [-0.3, -0.25) is 9.48 Å². The number of benzene rings is 1. The summed E-state index contributed by atoms with van der Waals surface area (Å²) in [4.78, 5) is 15.5. The van der Waals surface area contributed by atoms with E-state index in [9.17, 15) is 18.0 Å². The van der Waals surface area contributed by atoms with Crippen molar-refractivity contribution in [1.29, 1.82) is 0 Å². The zero-order valence-electron chi connectivity index (χ0n) is 17.8. The number of aryl methyl sites for hydroxylation is 1. The summed E-state index contributed by atoms with van der Waals surface area (Å²) >= 11 is 0. The van der Waals surface area contributed by atoms with E-state index < -0.39 is 17.5 Å². The molecular formula is C24H20F3N5O. The largest absolute Gasteiger partial charge is 0.327 e. The van der Waals surface area contributed by atoms with Crippen LogP contribution in [0.5, 0.6) is 0 Å². The Hall–Kier alpha value is -3.62. The lowest BCUT2D eigenvalue weighted by molar-refractivity contribution is 0.0392. The second kappa shape index (κ2) is 7.19. The molecule has 1 amide bonds. The SMILES string of the molecule is Cn1nc2c(c1-c1cc(F)c(F)c(F)c1)C[C@@H]1CCC[C@H]2N1C(=O)c1ccn2nccc2c1. The van der Waals surface area contributed by atoms with E-state index >= 15 is 0 Å². The fraction of sp³-hybridized carbons (Fsp3) is 0.292. The Morgan fingerprint density at radius 1 is 1.09 bits per heavy atom. The molecule has 0 radical (unpaired) electrons. The molecule has 0 unspecified atom stereocenters. The molecule has 6 rings (SSSR count). The molecule has 3 aromatic heterocycles. The van der Waals surface area contributed by atoms with Gasteiger partial charge in [0.2, 0.25) is 0 Å². The lowest BCUT2D eigenvalue weighted by Gasteiger charge is -2.45. The Morgan fingerprint density at radius 3 is 2.67 bits per heavy atom. The second-order valence-electron chi connectivity index (χ2n) is 8.72. The molecule has 2 aliphatic rings. The van der Waals surface area contributed by atoms with Gasteiger partial charge in [0.05, 0.1) is 22.9 Å². The summed E-state index contributed by atoms with van der Waals surface area (Å²) in [5, 5.41) is 8.85. The van der Waals surface area contributed by atoms with Gasteiger partial charge in [-0.05, 0) is 56.0 Å². The highest BCUT2D eigenvalue weighted by Gasteiger charge is 2.43. The number of aromatic nitrogens is 4. The van der Waals surface area contributed by atoms with Gasteiger partial charge in [-0.1, -0.05) is 0 Å². The van der Waals surface area contributed by atoms with E-state index in [4.69, 9.17) is 0 Å². The predicted molar refractivity (Wildman–Crippen MR) is 114 cm³/mol. The molecule has 168 valence electrons. The van der Waals surface area contributed by atoms with Crippen LogP contribution in [0.4, 0.5) is 13.2 Å². The molecular weight excluding hydrogens is 431 g/mol. The third kappa shape index (κ3) is 2.98. The Kier molecular flexibility index (Phi) is 4.36. The molecule has 0 N–H and O–H groups in total. The lowest BCUT2D eigenvalue weighted by atomic mass is 9.81. The number of carbonyl (C=O) groups excluding carboxylic acids is 1. The summed E-state index contributed by atoms with van der Waals surface area (Å²) < 4.78 is 44.8. The van der Waals surface area contributed by atoms with Crippen molar-refractivity contribution >= 4 is 11.4 Å². The Bertz CT molecular complexity index is 1400. The van der Waals surface area contributed by atoms with Crippen molar-refractivity contribution < 1.29 is 18.0 Å². The lowest BCUT2D eigenvalue weighted by Crippen LogP contribution is -2.49. The van der Waals surface area contributed by atoms with Gasteiger partial charge in [-0.15, -0.1) is 0 Å². The maximum absolute atomic E-state index is 14.0. The van der Waals surface area contributed by atoms with Crippen LogP contribution >= 0.6 is 0 Å². The van der Waals surface area contributed by atoms with Crippen LogP contribution in [-0.4, -0.2) is 36.2 Å². The first-order chi connectivity index (χ1) is 15.9. The monoisotopic (exact) mass is 451 g/mol. The van der Waals surface area contributed by atoms with Gasteiger partial charge < -0.3 is 4.90 Å². The summed E-state index contributed by atoms with van der Waals surface area (Å²) in [7, 11) is 1.70. The van der Waals surface area contributed by atoms with Crippen LogP contribution in [0.3, 0.4) is 0 Å². The molecule has 0 saturated carbocycles. The van der Waals surface area contributed by atoms with E-state index in [2.05, 4.69) is 10.2 Å². The van der Waals surface area contributed by atoms with Gasteiger partial charge in [0, 0.05) is 42.2 Å². The molecule has 1 aromatic carbocycles. The fourth-order valence-electron chi connectivity index (χ4n) is 5.41. The van der Waals surface area contributed by atoms with Crippen LogP contribution in [0.25, 0.3) is 16.8 Å². The first-order valence-corrected chi connectivity index (χ1v) is 10.9. The molecule has 4 aromatic rings. The summed E-state index contributed by atoms with van der Waals surface area (Å²) in [5.41, 5.74) is 3.84. The molecule has 2 bridgehead atoms. The molecule has 6 nitrogen and oxygen atoms in total. The molecule has 1 saturated heterocycles. The average molecular weight is 451 g/mol. The average Bonchev–Trinajstić information content (AvgIpc) is 3.39. The normalized spacial score (nSPS) is 19.7. The zero-order chi connectivity index (χ0) is 22.9. The minimum Gasteiger partial charge on any atom is -0.327 e. The van der Waals surface area contributed by atoms with Crippen molar-refractivity contribution in [2.45, 2.75) is 37.8 Å². The maximum atomic E-state index is 14.0. The number of nitrogens with zero attached hydrogens (tertiary/aromatic N) is 5. The quantitative estimate of drug-likeness (QED) is 0.424. The number of amides is 1. The molecule has 2 aliphatic heterocycles. The highest BCUT2D eigenvalue weighted by atomic mass is 19.2. The number of hydrogen-bond donors (Lipinski definition) is 0. The van der Waals surface area contributed by atoms with E-state index in [1.807, 2.05) is 17.0 Å². The molecule has 9 heteroatoms. The smallest absolute Gasteiger partial charge is 0.254 e. The van der Waals surface area contributed by atoms with Crippen LogP contribution in [-0.2, 0) is 13.5 Å². The number of halogens is 3. The number of fused-ring (bicyclic) bond motifs is 5. The highest BCUT2D eigenvalue weighted by Crippen LogP contribution is 2.45. The van der Waals surface area contributed by atoms with Gasteiger partial charge in [-0.25, -0.2) is 17.7 Å². The molecule has 5 heterocycles. The highest BCUT2D eigenvalue weighted by molar-refractivity contribution is 5.96. The first-order valence-electron chi connectivity index (χ1n) is 10.9. The van der Waals surface area contributed by atoms with Gasteiger partial charge in [0.25, 0.3) is 5.91 Å². The number of rotatable bonds is 2. The third-order valence-electron chi connectivity index (χ3n) is 6.81. The minimum absolute atomic E-state index is 0.0528. The first kappa shape index (κ1) is 20.0. The van der Waals surface area contributed by atoms with Crippen molar-refractivity contribution in [2.75, 3.05) is 0 Å². The van der Waals surface area contributed by atoms with Crippen molar-refractivity contribution in [2.24, 2.45) is 7.05 Å². The van der Waals surface area contributed by atoms with E-state index in [1.165, 1.54) is 0 Å². The minimum atomic E-state index is -1.49. The topological polar surface area (TPSA) is 55.4 Å². The van der Waals surface area contributed by atoms with Gasteiger partial charge in [0.1, 0.15) is 0 Å². The van der Waals surface area contributed by atoms with Gasteiger partial charge in [0.15, 0.2) is 17.5 Å². The van der Waals surface area contributed by atoms with Gasteiger partial charge >= 0.3 is 0 Å². The summed E-state index contributed by atoms with van der Waals surface area (Å²) in [6, 6.07) is 7.17. The predicted octanol–water partition coefficient (Wildman–Crippen LogP) is 4.44. The van der Waals surface area contributed by atoms with Crippen LogP contribution < -0.4 is 0 Å². The number of piperidine rings is 1. The maximum Gasteiger partial charge on any atom is 0.254 e. The number of pyridine rings is 1. The van der Waals surface area contributed by atoms with Crippen molar-refractivity contribution in [3.8, 4) is 11.3 Å². The number of carbonyl (C=O) groups is 1. The number of hydrogen-bond acceptors (Lipinski definition) is 3. The van der Waals surface area contributed by atoms with Crippen LogP contribution in [0, 0.1) is 17.5 Å². The molecule has 0 spiro atoms. The van der Waals surface area contributed by atoms with Crippen molar-refractivity contribution in [1.82, 2.24) is 24.3 Å². The third-order valence-corrected chi connectivity index (χ3v) is 6.81. The Morgan fingerprint density at radius 2 is 1.88 bits per heavy atom. The molecule has 1 fully saturated rings. The van der Waals surface area contributed by atoms with Gasteiger partial charge in [-0.2, -0.15) is 10.2 Å². The summed E-state index contributed by atoms with van der Waals surface area (Å²) in [5.74, 6) is -4.02. The molecule has 0 aliphatic carbocycles. The van der Waals surface area contributed by atoms with Crippen LogP contribution in [0.2, 0.25) is 0 Å². The van der Waals surface area contributed by atoms with Crippen LogP contribution in [0.1, 0.15) is 46.9 Å². The Balaban J connectivity index is 1.43. The second-order valence-corrected chi connectivity index (χ2v) is 8.72. The van der Waals surface area contributed by atoms with E-state index in [1.54, 1.807) is 34.7 Å². The molecule has 33 heavy (non-hydrogen) atoms. The summed E-state index contributed by atoms with van der Waals surface area (Å²) in [6.07, 6.45) is 6.53. The summed E-state index contributed by atoms with van der Waals surface area (Å²) in [6.45, 7) is 0.